The third-order valence-electron chi connectivity index (χ3n) is 3.23. The molecule has 2 aromatic heterocycles. The van der Waals surface area contributed by atoms with Gasteiger partial charge in [-0.05, 0) is 42.5 Å². The molecule has 0 saturated heterocycles. The number of nitrogen functional groups attached to an aromatic ring is 1. The number of benzene rings is 1. The minimum absolute atomic E-state index is 0.146. The number of carbonyl (C=O) groups excluding carboxylic acids is 1. The van der Waals surface area contributed by atoms with Crippen molar-refractivity contribution in [2.24, 2.45) is 0 Å². The second kappa shape index (κ2) is 6.10. The predicted octanol–water partition coefficient (Wildman–Crippen LogP) is 3.82. The average molecular weight is 290 g/mol. The zero-order valence-corrected chi connectivity index (χ0v) is 11.8. The zero-order valence-electron chi connectivity index (χ0n) is 11.8. The van der Waals surface area contributed by atoms with Gasteiger partial charge in [-0.2, -0.15) is 0 Å². The van der Waals surface area contributed by atoms with Gasteiger partial charge >= 0.3 is 0 Å². The van der Waals surface area contributed by atoms with E-state index in [1.54, 1.807) is 48.9 Å². The molecule has 0 radical (unpaired) electrons. The lowest BCUT2D eigenvalue weighted by Crippen LogP contribution is -2.00. The maximum absolute atomic E-state index is 12.2. The quantitative estimate of drug-likeness (QED) is 0.450. The highest BCUT2D eigenvalue weighted by Crippen LogP contribution is 2.23. The molecule has 2 heterocycles. The molecule has 0 aliphatic carbocycles. The van der Waals surface area contributed by atoms with Crippen molar-refractivity contribution in [2.75, 3.05) is 5.73 Å². The lowest BCUT2D eigenvalue weighted by molar-refractivity contribution is 0.104. The van der Waals surface area contributed by atoms with Gasteiger partial charge in [-0.3, -0.25) is 9.78 Å². The summed E-state index contributed by atoms with van der Waals surface area (Å²) < 4.78 is 5.37. The lowest BCUT2D eigenvalue weighted by Gasteiger charge is -2.02. The summed E-state index contributed by atoms with van der Waals surface area (Å²) in [6.45, 7) is 0. The van der Waals surface area contributed by atoms with Gasteiger partial charge in [-0.15, -0.1) is 0 Å². The molecule has 0 spiro atoms. The minimum atomic E-state index is -0.146. The van der Waals surface area contributed by atoms with Crippen molar-refractivity contribution in [3.63, 3.8) is 0 Å². The summed E-state index contributed by atoms with van der Waals surface area (Å²) >= 11 is 0. The van der Waals surface area contributed by atoms with Crippen LogP contribution in [0.3, 0.4) is 0 Å². The smallest absolute Gasteiger partial charge is 0.187 e. The van der Waals surface area contributed by atoms with Crippen molar-refractivity contribution in [2.45, 2.75) is 0 Å². The number of hydrogen-bond acceptors (Lipinski definition) is 4. The summed E-state index contributed by atoms with van der Waals surface area (Å²) in [6, 6.07) is 14.3. The first kappa shape index (κ1) is 13.8. The number of aromatic nitrogens is 1. The number of nitrogens with zero attached hydrogens (tertiary/aromatic N) is 1. The van der Waals surface area contributed by atoms with E-state index in [1.807, 2.05) is 18.2 Å². The van der Waals surface area contributed by atoms with E-state index >= 15 is 0 Å². The second-order valence-electron chi connectivity index (χ2n) is 4.70. The molecule has 4 nitrogen and oxygen atoms in total. The Morgan fingerprint density at radius 1 is 1.09 bits per heavy atom. The van der Waals surface area contributed by atoms with Gasteiger partial charge in [0.05, 0.1) is 6.26 Å². The summed E-state index contributed by atoms with van der Waals surface area (Å²) in [4.78, 5) is 16.5. The van der Waals surface area contributed by atoms with E-state index in [-0.39, 0.29) is 5.78 Å². The standard InChI is InChI=1S/C18H14N2O2/c19-15-7-2-1-6-14(15)16(21)10-9-13-5-3-11-20-18(13)17-8-4-12-22-17/h1-12H,19H2/b10-9+. The van der Waals surface area contributed by atoms with Gasteiger partial charge < -0.3 is 10.2 Å². The number of ketones is 1. The van der Waals surface area contributed by atoms with Crippen LogP contribution in [0.15, 0.2) is 71.5 Å². The summed E-state index contributed by atoms with van der Waals surface area (Å²) in [7, 11) is 0. The summed E-state index contributed by atoms with van der Waals surface area (Å²) in [5.74, 6) is 0.513. The van der Waals surface area contributed by atoms with Crippen LogP contribution in [0.25, 0.3) is 17.5 Å². The molecular weight excluding hydrogens is 276 g/mol. The van der Waals surface area contributed by atoms with Gasteiger partial charge in [0, 0.05) is 23.0 Å². The molecular formula is C18H14N2O2. The number of nitrogens with two attached hydrogens (primary N) is 1. The largest absolute Gasteiger partial charge is 0.463 e. The highest BCUT2D eigenvalue weighted by molar-refractivity contribution is 6.10. The van der Waals surface area contributed by atoms with Crippen LogP contribution < -0.4 is 5.73 Å². The molecule has 0 amide bonds. The van der Waals surface area contributed by atoms with Crippen LogP contribution in [0, 0.1) is 0 Å². The average Bonchev–Trinajstić information content (AvgIpc) is 3.07. The van der Waals surface area contributed by atoms with Crippen LogP contribution in [0.2, 0.25) is 0 Å². The molecule has 1 aromatic carbocycles. The Morgan fingerprint density at radius 3 is 2.73 bits per heavy atom. The molecule has 0 unspecified atom stereocenters. The monoisotopic (exact) mass is 290 g/mol. The van der Waals surface area contributed by atoms with Gasteiger partial charge in [0.2, 0.25) is 0 Å². The van der Waals surface area contributed by atoms with E-state index in [9.17, 15) is 4.79 Å². The summed E-state index contributed by atoms with van der Waals surface area (Å²) in [6.07, 6.45) is 6.49. The van der Waals surface area contributed by atoms with Crippen LogP contribution in [-0.4, -0.2) is 10.8 Å². The Balaban J connectivity index is 1.91. The number of hydrogen-bond donors (Lipinski definition) is 1. The van der Waals surface area contributed by atoms with Crippen LogP contribution in [0.5, 0.6) is 0 Å². The number of carbonyl (C=O) groups is 1. The van der Waals surface area contributed by atoms with E-state index in [2.05, 4.69) is 4.98 Å². The molecule has 4 heteroatoms. The fraction of sp³-hybridized carbons (Fsp3) is 0. The van der Waals surface area contributed by atoms with Crippen molar-refractivity contribution in [1.82, 2.24) is 4.98 Å². The first-order chi connectivity index (χ1) is 10.8. The Labute approximate surface area is 127 Å². The lowest BCUT2D eigenvalue weighted by atomic mass is 10.1. The van der Waals surface area contributed by atoms with E-state index in [0.717, 1.165) is 5.56 Å². The number of para-hydroxylation sites is 1. The number of furan rings is 1. The second-order valence-corrected chi connectivity index (χ2v) is 4.70. The SMILES string of the molecule is Nc1ccccc1C(=O)/C=C/c1cccnc1-c1ccco1. The fourth-order valence-electron chi connectivity index (χ4n) is 2.15. The normalized spacial score (nSPS) is 10.9. The number of pyridine rings is 1. The Hall–Kier alpha value is -3.14. The molecule has 22 heavy (non-hydrogen) atoms. The molecule has 0 aliphatic heterocycles. The highest BCUT2D eigenvalue weighted by Gasteiger charge is 2.08. The molecule has 0 fully saturated rings. The van der Waals surface area contributed by atoms with Crippen LogP contribution >= 0.6 is 0 Å². The highest BCUT2D eigenvalue weighted by atomic mass is 16.3. The van der Waals surface area contributed by atoms with E-state index < -0.39 is 0 Å². The number of allylic oxidation sites excluding steroid dienone is 1. The van der Waals surface area contributed by atoms with E-state index in [0.29, 0.717) is 22.7 Å². The molecule has 0 aliphatic rings. The van der Waals surface area contributed by atoms with Gasteiger partial charge in [0.1, 0.15) is 5.69 Å². The number of anilines is 1. The summed E-state index contributed by atoms with van der Waals surface area (Å²) in [5, 5.41) is 0. The number of rotatable bonds is 4. The van der Waals surface area contributed by atoms with Gasteiger partial charge in [-0.1, -0.05) is 18.2 Å². The predicted molar refractivity (Wildman–Crippen MR) is 86.2 cm³/mol. The molecule has 0 saturated carbocycles. The molecule has 2 N–H and O–H groups in total. The summed E-state index contributed by atoms with van der Waals surface area (Å²) in [5.41, 5.74) is 8.27. The van der Waals surface area contributed by atoms with Crippen LogP contribution in [-0.2, 0) is 0 Å². The first-order valence-electron chi connectivity index (χ1n) is 6.81. The third-order valence-corrected chi connectivity index (χ3v) is 3.23. The minimum Gasteiger partial charge on any atom is -0.463 e. The maximum Gasteiger partial charge on any atom is 0.187 e. The Bertz CT molecular complexity index is 821. The van der Waals surface area contributed by atoms with Crippen molar-refractivity contribution in [3.8, 4) is 11.5 Å². The topological polar surface area (TPSA) is 69.1 Å². The van der Waals surface area contributed by atoms with Crippen LogP contribution in [0.4, 0.5) is 5.69 Å². The van der Waals surface area contributed by atoms with Crippen molar-refractivity contribution >= 4 is 17.5 Å². The van der Waals surface area contributed by atoms with Crippen LogP contribution in [0.1, 0.15) is 15.9 Å². The molecule has 108 valence electrons. The van der Waals surface area contributed by atoms with Gasteiger partial charge in [0.15, 0.2) is 11.5 Å². The zero-order chi connectivity index (χ0) is 15.4. The third kappa shape index (κ3) is 2.81. The molecule has 3 rings (SSSR count). The molecule has 3 aromatic rings. The van der Waals surface area contributed by atoms with E-state index in [4.69, 9.17) is 10.2 Å². The fourth-order valence-corrected chi connectivity index (χ4v) is 2.15. The van der Waals surface area contributed by atoms with Gasteiger partial charge in [0.25, 0.3) is 0 Å². The van der Waals surface area contributed by atoms with Crippen molar-refractivity contribution in [3.05, 3.63) is 78.2 Å². The maximum atomic E-state index is 12.2. The van der Waals surface area contributed by atoms with Crippen molar-refractivity contribution in [1.29, 1.82) is 0 Å². The first-order valence-corrected chi connectivity index (χ1v) is 6.81. The van der Waals surface area contributed by atoms with Crippen molar-refractivity contribution < 1.29 is 9.21 Å². The van der Waals surface area contributed by atoms with E-state index in [1.165, 1.54) is 6.08 Å². The molecule has 0 atom stereocenters. The Kier molecular flexibility index (Phi) is 3.83. The Morgan fingerprint density at radius 2 is 1.95 bits per heavy atom. The van der Waals surface area contributed by atoms with Gasteiger partial charge in [-0.25, -0.2) is 0 Å². The molecule has 0 bridgehead atoms.